The number of rotatable bonds is 7. The minimum absolute atomic E-state index is 0.207. The number of hydrogen-bond acceptors (Lipinski definition) is 7. The van der Waals surface area contributed by atoms with Crippen molar-refractivity contribution >= 4 is 34.3 Å². The van der Waals surface area contributed by atoms with Gasteiger partial charge in [-0.1, -0.05) is 59.9 Å². The molecular formula is C34H28N4O4S. The third-order valence-corrected chi connectivity index (χ3v) is 8.52. The molecule has 9 heteroatoms. The van der Waals surface area contributed by atoms with Gasteiger partial charge in [0.05, 0.1) is 47.2 Å². The van der Waals surface area contributed by atoms with Gasteiger partial charge >= 0.3 is 5.97 Å². The van der Waals surface area contributed by atoms with Crippen molar-refractivity contribution < 1.29 is 14.3 Å². The zero-order chi connectivity index (χ0) is 30.1. The highest BCUT2D eigenvalue weighted by Gasteiger charge is 2.33. The van der Waals surface area contributed by atoms with Crippen LogP contribution in [0.1, 0.15) is 42.1 Å². The molecule has 0 N–H and O–H groups in total. The van der Waals surface area contributed by atoms with Gasteiger partial charge in [-0.05, 0) is 55.3 Å². The average molecular weight is 589 g/mol. The van der Waals surface area contributed by atoms with Gasteiger partial charge in [-0.3, -0.25) is 9.36 Å². The number of carbonyl (C=O) groups is 1. The van der Waals surface area contributed by atoms with E-state index in [1.54, 1.807) is 25.5 Å². The average Bonchev–Trinajstić information content (AvgIpc) is 3.53. The highest BCUT2D eigenvalue weighted by molar-refractivity contribution is 7.07. The maximum Gasteiger partial charge on any atom is 0.338 e. The van der Waals surface area contributed by atoms with E-state index in [-0.39, 0.29) is 12.2 Å². The van der Waals surface area contributed by atoms with Crippen LogP contribution < -0.4 is 19.6 Å². The van der Waals surface area contributed by atoms with Crippen LogP contribution in [-0.2, 0) is 16.1 Å². The van der Waals surface area contributed by atoms with E-state index in [1.165, 1.54) is 11.3 Å². The van der Waals surface area contributed by atoms with E-state index in [2.05, 4.69) is 15.6 Å². The van der Waals surface area contributed by atoms with Crippen molar-refractivity contribution in [1.82, 2.24) is 9.13 Å². The first-order valence-corrected chi connectivity index (χ1v) is 14.6. The third-order valence-electron chi connectivity index (χ3n) is 7.53. The number of aromatic nitrogens is 2. The van der Waals surface area contributed by atoms with Gasteiger partial charge in [0.25, 0.3) is 5.56 Å². The number of carbonyl (C=O) groups excluding carboxylic acids is 1. The Morgan fingerprint density at radius 1 is 1.09 bits per heavy atom. The van der Waals surface area contributed by atoms with E-state index < -0.39 is 12.0 Å². The largest absolute Gasteiger partial charge is 0.497 e. The lowest BCUT2D eigenvalue weighted by Gasteiger charge is -2.24. The summed E-state index contributed by atoms with van der Waals surface area (Å²) in [7, 11) is 1.59. The smallest absolute Gasteiger partial charge is 0.338 e. The maximum absolute atomic E-state index is 14.1. The van der Waals surface area contributed by atoms with Gasteiger partial charge in [0.2, 0.25) is 0 Å². The second kappa shape index (κ2) is 11.6. The van der Waals surface area contributed by atoms with E-state index >= 15 is 0 Å². The van der Waals surface area contributed by atoms with E-state index in [4.69, 9.17) is 9.47 Å². The summed E-state index contributed by atoms with van der Waals surface area (Å²) in [5, 5.41) is 10.6. The second-order valence-electron chi connectivity index (χ2n) is 10.1. The van der Waals surface area contributed by atoms with Crippen molar-refractivity contribution in [3.63, 3.8) is 0 Å². The van der Waals surface area contributed by atoms with Crippen molar-refractivity contribution in [2.45, 2.75) is 26.4 Å². The van der Waals surface area contributed by atoms with Crippen molar-refractivity contribution in [3.05, 3.63) is 132 Å². The second-order valence-corrected chi connectivity index (χ2v) is 11.1. The molecule has 0 fully saturated rings. The molecule has 8 nitrogen and oxygen atoms in total. The van der Waals surface area contributed by atoms with Gasteiger partial charge in [0.1, 0.15) is 5.75 Å². The molecule has 2 aromatic heterocycles. The minimum Gasteiger partial charge on any atom is -0.497 e. The molecule has 43 heavy (non-hydrogen) atoms. The number of ether oxygens (including phenoxy) is 2. The predicted octanol–water partition coefficient (Wildman–Crippen LogP) is 4.68. The number of methoxy groups -OCH3 is 1. The summed E-state index contributed by atoms with van der Waals surface area (Å²) in [5.41, 5.74) is 4.76. The molecule has 3 aromatic carbocycles. The number of nitrogens with zero attached hydrogens (tertiary/aromatic N) is 4. The lowest BCUT2D eigenvalue weighted by molar-refractivity contribution is -0.139. The maximum atomic E-state index is 14.1. The summed E-state index contributed by atoms with van der Waals surface area (Å²) >= 11 is 1.29. The van der Waals surface area contributed by atoms with Crippen molar-refractivity contribution in [2.24, 2.45) is 4.99 Å². The third kappa shape index (κ3) is 5.07. The fourth-order valence-corrected chi connectivity index (χ4v) is 6.54. The Morgan fingerprint density at radius 3 is 2.58 bits per heavy atom. The Labute approximate surface area is 251 Å². The standard InChI is InChI=1S/C34H28N4O4S/c1-4-42-33(40)30-21(2)36-34-38(31(30)22-13-15-26(41-3)16-14-22)32(39)29(43-34)17-25-20-37(28-12-8-7-11-27(25)28)19-24-10-6-5-9-23(24)18-35/h5-17,20,31H,4,19H2,1-3H3/b29-17-/t31-/m0/s1. The molecule has 3 heterocycles. The lowest BCUT2D eigenvalue weighted by Crippen LogP contribution is -2.39. The molecule has 5 aromatic rings. The Morgan fingerprint density at radius 2 is 1.84 bits per heavy atom. The van der Waals surface area contributed by atoms with E-state index in [0.717, 1.165) is 27.6 Å². The van der Waals surface area contributed by atoms with Crippen LogP contribution in [0.2, 0.25) is 0 Å². The molecule has 0 bridgehead atoms. The summed E-state index contributed by atoms with van der Waals surface area (Å²) in [6.45, 7) is 4.24. The van der Waals surface area contributed by atoms with E-state index in [1.807, 2.05) is 85.1 Å². The van der Waals surface area contributed by atoms with Crippen molar-refractivity contribution in [2.75, 3.05) is 13.7 Å². The first kappa shape index (κ1) is 27.9. The van der Waals surface area contributed by atoms with E-state index in [0.29, 0.717) is 38.5 Å². The van der Waals surface area contributed by atoms with Gasteiger partial charge in [-0.2, -0.15) is 5.26 Å². The van der Waals surface area contributed by atoms with Crippen molar-refractivity contribution in [1.29, 1.82) is 5.26 Å². The normalized spacial score (nSPS) is 14.7. The minimum atomic E-state index is -0.702. The summed E-state index contributed by atoms with van der Waals surface area (Å²) in [5.74, 6) is 0.169. The number of para-hydroxylation sites is 1. The zero-order valence-corrected chi connectivity index (χ0v) is 24.7. The SMILES string of the molecule is CCOC(=O)C1=C(C)N=c2s/c(=C\c3cn(Cc4ccccc4C#N)c4ccccc34)c(=O)n2[C@H]1c1ccc(OC)cc1. The molecule has 0 aliphatic carbocycles. The number of esters is 1. The number of hydrogen-bond donors (Lipinski definition) is 0. The number of allylic oxidation sites excluding steroid dienone is 1. The van der Waals surface area contributed by atoms with Crippen LogP contribution in [0.15, 0.2) is 100 Å². The number of nitriles is 1. The Balaban J connectivity index is 1.51. The van der Waals surface area contributed by atoms with Gasteiger partial charge in [0.15, 0.2) is 4.80 Å². The summed E-state index contributed by atoms with van der Waals surface area (Å²) < 4.78 is 14.9. The van der Waals surface area contributed by atoms with Crippen molar-refractivity contribution in [3.8, 4) is 11.8 Å². The molecule has 0 saturated heterocycles. The van der Waals surface area contributed by atoms with E-state index in [9.17, 15) is 14.9 Å². The first-order valence-electron chi connectivity index (χ1n) is 13.8. The van der Waals surface area contributed by atoms with Crippen LogP contribution >= 0.6 is 11.3 Å². The molecule has 1 aliphatic heterocycles. The first-order chi connectivity index (χ1) is 20.9. The molecular weight excluding hydrogens is 560 g/mol. The molecule has 1 aliphatic rings. The highest BCUT2D eigenvalue weighted by Crippen LogP contribution is 2.32. The number of thiazole rings is 1. The van der Waals surface area contributed by atoms with Crippen LogP contribution in [0, 0.1) is 11.3 Å². The van der Waals surface area contributed by atoms with Crippen LogP contribution in [0.25, 0.3) is 17.0 Å². The fourth-order valence-electron chi connectivity index (χ4n) is 5.51. The topological polar surface area (TPSA) is 98.6 Å². The van der Waals surface area contributed by atoms with Crippen LogP contribution in [-0.4, -0.2) is 28.8 Å². The summed E-state index contributed by atoms with van der Waals surface area (Å²) in [6, 6.07) is 24.4. The van der Waals surface area contributed by atoms with Crippen LogP contribution in [0.3, 0.4) is 0 Å². The molecule has 0 spiro atoms. The Kier molecular flexibility index (Phi) is 7.53. The fraction of sp³-hybridized carbons (Fsp3) is 0.176. The molecule has 0 unspecified atom stereocenters. The highest BCUT2D eigenvalue weighted by atomic mass is 32.1. The van der Waals surface area contributed by atoms with Gasteiger partial charge in [-0.25, -0.2) is 9.79 Å². The Bertz CT molecular complexity index is 2130. The predicted molar refractivity (Wildman–Crippen MR) is 166 cm³/mol. The quantitative estimate of drug-likeness (QED) is 0.257. The number of fused-ring (bicyclic) bond motifs is 2. The lowest BCUT2D eigenvalue weighted by atomic mass is 9.96. The number of benzene rings is 3. The molecule has 0 saturated carbocycles. The summed E-state index contributed by atoms with van der Waals surface area (Å²) in [4.78, 5) is 32.5. The van der Waals surface area contributed by atoms with Gasteiger partial charge < -0.3 is 14.0 Å². The molecule has 0 radical (unpaired) electrons. The Hall–Kier alpha value is -5.20. The molecule has 1 atom stereocenters. The molecule has 6 rings (SSSR count). The molecule has 214 valence electrons. The van der Waals surface area contributed by atoms with Crippen LogP contribution in [0.5, 0.6) is 5.75 Å². The van der Waals surface area contributed by atoms with Gasteiger partial charge in [0, 0.05) is 29.2 Å². The monoisotopic (exact) mass is 588 g/mol. The molecule has 0 amide bonds. The van der Waals surface area contributed by atoms with Crippen LogP contribution in [0.4, 0.5) is 0 Å². The van der Waals surface area contributed by atoms with Gasteiger partial charge in [-0.15, -0.1) is 0 Å². The summed E-state index contributed by atoms with van der Waals surface area (Å²) in [6.07, 6.45) is 3.89. The zero-order valence-electron chi connectivity index (χ0n) is 23.9.